The van der Waals surface area contributed by atoms with Gasteiger partial charge in [-0.25, -0.2) is 26.4 Å². The van der Waals surface area contributed by atoms with Crippen molar-refractivity contribution in [3.05, 3.63) is 16.5 Å². The Morgan fingerprint density at radius 2 is 1.90 bits per heavy atom. The molecule has 2 N–H and O–H groups in total. The lowest BCUT2D eigenvalue weighted by Crippen LogP contribution is -2.43. The zero-order valence-electron chi connectivity index (χ0n) is 11.4. The molecule has 0 aromatic carbocycles. The van der Waals surface area contributed by atoms with Gasteiger partial charge in [-0.15, -0.1) is 0 Å². The van der Waals surface area contributed by atoms with Gasteiger partial charge in [-0.05, 0) is 29.8 Å². The fourth-order valence-electron chi connectivity index (χ4n) is 1.12. The van der Waals surface area contributed by atoms with Crippen molar-refractivity contribution in [3.63, 3.8) is 0 Å². The molecule has 11 heteroatoms. The molecule has 1 heterocycles. The van der Waals surface area contributed by atoms with Crippen LogP contribution in [0.25, 0.3) is 0 Å². The highest BCUT2D eigenvalue weighted by molar-refractivity contribution is 9.10. The minimum Gasteiger partial charge on any atom is -0.475 e. The van der Waals surface area contributed by atoms with E-state index >= 15 is 0 Å². The molecule has 0 saturated heterocycles. The number of rotatable bonds is 6. The molecule has 8 nitrogen and oxygen atoms in total. The van der Waals surface area contributed by atoms with E-state index in [-0.39, 0.29) is 11.2 Å². The van der Waals surface area contributed by atoms with Crippen molar-refractivity contribution in [1.82, 2.24) is 4.72 Å². The van der Waals surface area contributed by atoms with Crippen molar-refractivity contribution < 1.29 is 31.2 Å². The molecule has 0 atom stereocenters. The first kappa shape index (κ1) is 18.1. The summed E-state index contributed by atoms with van der Waals surface area (Å²) in [5, 5.41) is 8.75. The summed E-state index contributed by atoms with van der Waals surface area (Å²) in [7, 11) is -7.60. The summed E-state index contributed by atoms with van der Waals surface area (Å²) in [6.45, 7) is 2.38. The van der Waals surface area contributed by atoms with Gasteiger partial charge in [0.15, 0.2) is 14.5 Å². The zero-order chi connectivity index (χ0) is 16.6. The average Bonchev–Trinajstić information content (AvgIpc) is 2.68. The molecule has 0 aliphatic rings. The van der Waals surface area contributed by atoms with Crippen LogP contribution < -0.4 is 4.72 Å². The first-order valence-electron chi connectivity index (χ1n) is 5.50. The van der Waals surface area contributed by atoms with Gasteiger partial charge in [-0.1, -0.05) is 0 Å². The summed E-state index contributed by atoms with van der Waals surface area (Å²) in [6, 6.07) is 0.836. The Bertz CT molecular complexity index is 761. The molecule has 21 heavy (non-hydrogen) atoms. The van der Waals surface area contributed by atoms with Gasteiger partial charge in [0.05, 0.1) is 4.75 Å². The van der Waals surface area contributed by atoms with Gasteiger partial charge in [0.25, 0.3) is 0 Å². The Morgan fingerprint density at radius 3 is 2.29 bits per heavy atom. The second-order valence-corrected chi connectivity index (χ2v) is 10.0. The van der Waals surface area contributed by atoms with E-state index in [0.717, 1.165) is 12.3 Å². The van der Waals surface area contributed by atoms with Crippen LogP contribution in [-0.2, 0) is 19.9 Å². The van der Waals surface area contributed by atoms with E-state index in [4.69, 9.17) is 9.52 Å². The number of nitrogens with one attached hydrogen (secondary N) is 1. The second-order valence-electron chi connectivity index (χ2n) is 4.91. The number of sulfone groups is 1. The molecule has 0 unspecified atom stereocenters. The SMILES string of the molecule is CC(C)(CNS(=O)(=O)c1cc(C(=O)O)oc1Br)S(C)(=O)=O. The Balaban J connectivity index is 3.06. The van der Waals surface area contributed by atoms with Crippen LogP contribution in [0.2, 0.25) is 0 Å². The lowest BCUT2D eigenvalue weighted by molar-refractivity contribution is 0.0661. The molecule has 0 saturated carbocycles. The van der Waals surface area contributed by atoms with Crippen molar-refractivity contribution in [2.75, 3.05) is 12.8 Å². The van der Waals surface area contributed by atoms with Crippen molar-refractivity contribution in [3.8, 4) is 0 Å². The molecule has 1 aromatic heterocycles. The molecular weight excluding hydrogens is 390 g/mol. The third-order valence-corrected chi connectivity index (χ3v) is 7.26. The van der Waals surface area contributed by atoms with Crippen LogP contribution in [0.4, 0.5) is 0 Å². The zero-order valence-corrected chi connectivity index (χ0v) is 14.6. The number of carbonyl (C=O) groups is 1. The Labute approximate surface area is 130 Å². The fraction of sp³-hybridized carbons (Fsp3) is 0.500. The molecule has 1 rings (SSSR count). The van der Waals surface area contributed by atoms with Crippen molar-refractivity contribution >= 4 is 41.8 Å². The largest absolute Gasteiger partial charge is 0.475 e. The highest BCUT2D eigenvalue weighted by atomic mass is 79.9. The standard InChI is InChI=1S/C10H14BrNO7S2/c1-10(2,20(3,15)16)5-12-21(17,18)7-4-6(9(13)14)19-8(7)11/h4,12H,5H2,1-3H3,(H,13,14). The van der Waals surface area contributed by atoms with Crippen LogP contribution >= 0.6 is 15.9 Å². The first-order chi connectivity index (χ1) is 9.28. The maximum Gasteiger partial charge on any atom is 0.371 e. The van der Waals surface area contributed by atoms with Crippen LogP contribution in [-0.4, -0.2) is 45.5 Å². The third kappa shape index (κ3) is 4.05. The quantitative estimate of drug-likeness (QED) is 0.718. The van der Waals surface area contributed by atoms with Gasteiger partial charge in [0.2, 0.25) is 15.8 Å². The number of sulfonamides is 1. The predicted molar refractivity (Wildman–Crippen MR) is 77.5 cm³/mol. The van der Waals surface area contributed by atoms with Gasteiger partial charge in [-0.3, -0.25) is 0 Å². The number of hydrogen-bond acceptors (Lipinski definition) is 6. The van der Waals surface area contributed by atoms with Gasteiger partial charge < -0.3 is 9.52 Å². The van der Waals surface area contributed by atoms with Crippen molar-refractivity contribution in [2.45, 2.75) is 23.5 Å². The van der Waals surface area contributed by atoms with Crippen LogP contribution in [0, 0.1) is 0 Å². The van der Waals surface area contributed by atoms with Crippen molar-refractivity contribution in [1.29, 1.82) is 0 Å². The minimum atomic E-state index is -4.12. The number of carboxylic acid groups (broad SMARTS) is 1. The lowest BCUT2D eigenvalue weighted by atomic mass is 10.2. The van der Waals surface area contributed by atoms with Gasteiger partial charge >= 0.3 is 5.97 Å². The Morgan fingerprint density at radius 1 is 1.38 bits per heavy atom. The van der Waals surface area contributed by atoms with Gasteiger partial charge in [0, 0.05) is 18.9 Å². The highest BCUT2D eigenvalue weighted by Gasteiger charge is 2.33. The highest BCUT2D eigenvalue weighted by Crippen LogP contribution is 2.26. The summed E-state index contributed by atoms with van der Waals surface area (Å²) in [4.78, 5) is 10.3. The van der Waals surface area contributed by atoms with Gasteiger partial charge in [-0.2, -0.15) is 0 Å². The molecule has 1 aromatic rings. The predicted octanol–water partition coefficient (Wildman–Crippen LogP) is 0.842. The van der Waals surface area contributed by atoms with E-state index in [2.05, 4.69) is 20.7 Å². The molecule has 0 radical (unpaired) electrons. The molecule has 0 fully saturated rings. The van der Waals surface area contributed by atoms with E-state index < -0.39 is 41.2 Å². The molecule has 0 aliphatic heterocycles. The molecule has 0 aliphatic carbocycles. The van der Waals surface area contributed by atoms with E-state index in [1.807, 2.05) is 0 Å². The second kappa shape index (κ2) is 5.71. The smallest absolute Gasteiger partial charge is 0.371 e. The summed E-state index contributed by atoms with van der Waals surface area (Å²) < 4.78 is 52.5. The normalized spacial score (nSPS) is 13.3. The van der Waals surface area contributed by atoms with E-state index in [9.17, 15) is 21.6 Å². The van der Waals surface area contributed by atoms with E-state index in [1.54, 1.807) is 0 Å². The summed E-state index contributed by atoms with van der Waals surface area (Å²) in [6.07, 6.45) is 0.998. The number of hydrogen-bond donors (Lipinski definition) is 2. The lowest BCUT2D eigenvalue weighted by Gasteiger charge is -2.22. The Kier molecular flexibility index (Phi) is 4.93. The van der Waals surface area contributed by atoms with E-state index in [0.29, 0.717) is 0 Å². The summed E-state index contributed by atoms with van der Waals surface area (Å²) in [5.41, 5.74) is 0. The van der Waals surface area contributed by atoms with E-state index in [1.165, 1.54) is 13.8 Å². The summed E-state index contributed by atoms with van der Waals surface area (Å²) >= 11 is 2.81. The van der Waals surface area contributed by atoms with Crippen molar-refractivity contribution in [2.24, 2.45) is 0 Å². The molecule has 120 valence electrons. The number of furan rings is 1. The Hall–Kier alpha value is -0.910. The van der Waals surface area contributed by atoms with Gasteiger partial charge in [0.1, 0.15) is 4.90 Å². The first-order valence-corrected chi connectivity index (χ1v) is 9.66. The number of carboxylic acids is 1. The maximum atomic E-state index is 12.1. The topological polar surface area (TPSA) is 131 Å². The average molecular weight is 404 g/mol. The molecule has 0 spiro atoms. The summed E-state index contributed by atoms with van der Waals surface area (Å²) in [5.74, 6) is -1.97. The van der Waals surface area contributed by atoms with Crippen LogP contribution in [0.5, 0.6) is 0 Å². The minimum absolute atomic E-state index is 0.274. The third-order valence-electron chi connectivity index (χ3n) is 2.85. The number of halogens is 1. The van der Waals surface area contributed by atoms with Crippen LogP contribution in [0.1, 0.15) is 24.4 Å². The fourth-order valence-corrected chi connectivity index (χ4v) is 3.69. The molecular formula is C10H14BrNO7S2. The van der Waals surface area contributed by atoms with Crippen LogP contribution in [0.15, 0.2) is 20.0 Å². The molecule has 0 amide bonds. The molecule has 0 bridgehead atoms. The monoisotopic (exact) mass is 403 g/mol. The number of aromatic carboxylic acids is 1. The van der Waals surface area contributed by atoms with Crippen LogP contribution in [0.3, 0.4) is 0 Å². The maximum absolute atomic E-state index is 12.1.